The average molecular weight is 247 g/mol. The van der Waals surface area contributed by atoms with Crippen LogP contribution in [0.4, 0.5) is 10.1 Å². The first-order valence-corrected chi connectivity index (χ1v) is 6.35. The molecule has 0 unspecified atom stereocenters. The van der Waals surface area contributed by atoms with Crippen molar-refractivity contribution in [3.8, 4) is 6.07 Å². The van der Waals surface area contributed by atoms with Crippen molar-refractivity contribution in [3.63, 3.8) is 0 Å². The molecule has 1 fully saturated rings. The van der Waals surface area contributed by atoms with Gasteiger partial charge in [-0.05, 0) is 50.9 Å². The maximum Gasteiger partial charge on any atom is 0.129 e. The molecule has 3 nitrogen and oxygen atoms in total. The Hall–Kier alpha value is -1.60. The van der Waals surface area contributed by atoms with Crippen molar-refractivity contribution in [2.24, 2.45) is 5.92 Å². The van der Waals surface area contributed by atoms with Crippen LogP contribution >= 0.6 is 0 Å². The number of benzene rings is 1. The molecular formula is C14H18FN3. The minimum atomic E-state index is -0.318. The van der Waals surface area contributed by atoms with Crippen molar-refractivity contribution in [2.75, 3.05) is 25.0 Å². The van der Waals surface area contributed by atoms with E-state index in [1.807, 2.05) is 6.07 Å². The summed E-state index contributed by atoms with van der Waals surface area (Å²) >= 11 is 0. The average Bonchev–Trinajstić information content (AvgIpc) is 2.41. The topological polar surface area (TPSA) is 47.9 Å². The van der Waals surface area contributed by atoms with E-state index in [-0.39, 0.29) is 5.82 Å². The third kappa shape index (κ3) is 2.99. The monoisotopic (exact) mass is 247 g/mol. The van der Waals surface area contributed by atoms with Gasteiger partial charge in [0, 0.05) is 17.8 Å². The summed E-state index contributed by atoms with van der Waals surface area (Å²) in [5.74, 6) is 0.307. The van der Waals surface area contributed by atoms with Crippen LogP contribution in [0, 0.1) is 30.0 Å². The Kier molecular flexibility index (Phi) is 4.16. The molecule has 2 N–H and O–H groups in total. The van der Waals surface area contributed by atoms with Crippen molar-refractivity contribution in [3.05, 3.63) is 29.1 Å². The lowest BCUT2D eigenvalue weighted by molar-refractivity contribution is 0.390. The van der Waals surface area contributed by atoms with Gasteiger partial charge in [-0.15, -0.1) is 0 Å². The summed E-state index contributed by atoms with van der Waals surface area (Å²) in [4.78, 5) is 0. The molecular weight excluding hydrogens is 229 g/mol. The summed E-state index contributed by atoms with van der Waals surface area (Å²) in [7, 11) is 0. The highest BCUT2D eigenvalue weighted by Crippen LogP contribution is 2.21. The number of hydrogen-bond acceptors (Lipinski definition) is 3. The molecule has 96 valence electrons. The number of rotatable bonds is 3. The molecule has 1 aromatic rings. The zero-order chi connectivity index (χ0) is 13.0. The Bertz CT molecular complexity index is 459. The van der Waals surface area contributed by atoms with E-state index in [0.717, 1.165) is 38.2 Å². The van der Waals surface area contributed by atoms with Gasteiger partial charge >= 0.3 is 0 Å². The van der Waals surface area contributed by atoms with Gasteiger partial charge in [-0.2, -0.15) is 5.26 Å². The van der Waals surface area contributed by atoms with Crippen LogP contribution in [0.5, 0.6) is 0 Å². The highest BCUT2D eigenvalue weighted by atomic mass is 19.1. The molecule has 0 bridgehead atoms. The Balaban J connectivity index is 2.04. The number of piperidine rings is 1. The first-order valence-electron chi connectivity index (χ1n) is 6.35. The van der Waals surface area contributed by atoms with E-state index < -0.39 is 0 Å². The molecule has 1 aliphatic heterocycles. The molecule has 4 heteroatoms. The summed E-state index contributed by atoms with van der Waals surface area (Å²) in [6.07, 6.45) is 2.29. The Morgan fingerprint density at radius 2 is 2.17 bits per heavy atom. The minimum Gasteiger partial charge on any atom is -0.384 e. The fraction of sp³-hybridized carbons (Fsp3) is 0.500. The number of anilines is 1. The van der Waals surface area contributed by atoms with Gasteiger partial charge < -0.3 is 10.6 Å². The number of nitriles is 1. The van der Waals surface area contributed by atoms with Crippen LogP contribution in [-0.4, -0.2) is 19.6 Å². The van der Waals surface area contributed by atoms with E-state index in [0.29, 0.717) is 17.0 Å². The molecule has 0 aromatic heterocycles. The van der Waals surface area contributed by atoms with Crippen molar-refractivity contribution in [1.29, 1.82) is 5.26 Å². The third-order valence-corrected chi connectivity index (χ3v) is 3.51. The van der Waals surface area contributed by atoms with Gasteiger partial charge in [-0.3, -0.25) is 0 Å². The maximum absolute atomic E-state index is 13.6. The van der Waals surface area contributed by atoms with E-state index in [1.54, 1.807) is 13.0 Å². The van der Waals surface area contributed by atoms with Gasteiger partial charge in [0.2, 0.25) is 0 Å². The number of nitrogens with zero attached hydrogens (tertiary/aromatic N) is 1. The van der Waals surface area contributed by atoms with Crippen molar-refractivity contribution in [2.45, 2.75) is 19.8 Å². The molecule has 1 aliphatic rings. The quantitative estimate of drug-likeness (QED) is 0.862. The first kappa shape index (κ1) is 12.8. The van der Waals surface area contributed by atoms with Crippen LogP contribution in [0.2, 0.25) is 0 Å². The fourth-order valence-electron chi connectivity index (χ4n) is 2.27. The smallest absolute Gasteiger partial charge is 0.129 e. The Labute approximate surface area is 107 Å². The second kappa shape index (κ2) is 5.83. The predicted molar refractivity (Wildman–Crippen MR) is 69.9 cm³/mol. The molecule has 0 atom stereocenters. The lowest BCUT2D eigenvalue weighted by atomic mass is 9.98. The van der Waals surface area contributed by atoms with Crippen LogP contribution in [0.3, 0.4) is 0 Å². The van der Waals surface area contributed by atoms with Crippen molar-refractivity contribution < 1.29 is 4.39 Å². The van der Waals surface area contributed by atoms with Gasteiger partial charge in [0.25, 0.3) is 0 Å². The highest BCUT2D eigenvalue weighted by Gasteiger charge is 2.14. The summed E-state index contributed by atoms with van der Waals surface area (Å²) < 4.78 is 13.6. The molecule has 1 heterocycles. The molecule has 0 amide bonds. The number of halogens is 1. The van der Waals surface area contributed by atoms with Crippen molar-refractivity contribution >= 4 is 5.69 Å². The van der Waals surface area contributed by atoms with E-state index in [1.165, 1.54) is 6.07 Å². The molecule has 1 saturated heterocycles. The standard InChI is InChI=1S/C14H18FN3/c1-10-13(15)6-12(8-16)7-14(10)18-9-11-2-4-17-5-3-11/h6-7,11,17-18H,2-5,9H2,1H3. The third-order valence-electron chi connectivity index (χ3n) is 3.51. The van der Waals surface area contributed by atoms with Crippen LogP contribution in [0.25, 0.3) is 0 Å². The maximum atomic E-state index is 13.6. The molecule has 0 spiro atoms. The summed E-state index contributed by atoms with van der Waals surface area (Å²) in [5, 5.41) is 15.4. The zero-order valence-electron chi connectivity index (χ0n) is 10.6. The molecule has 18 heavy (non-hydrogen) atoms. The van der Waals surface area contributed by atoms with Gasteiger partial charge in [0.15, 0.2) is 0 Å². The van der Waals surface area contributed by atoms with E-state index in [4.69, 9.17) is 5.26 Å². The molecule has 1 aromatic carbocycles. The molecule has 0 aliphatic carbocycles. The molecule has 0 radical (unpaired) electrons. The van der Waals surface area contributed by atoms with Crippen LogP contribution in [-0.2, 0) is 0 Å². The number of nitrogens with one attached hydrogen (secondary N) is 2. The zero-order valence-corrected chi connectivity index (χ0v) is 10.6. The number of hydrogen-bond donors (Lipinski definition) is 2. The van der Waals surface area contributed by atoms with E-state index in [9.17, 15) is 4.39 Å². The van der Waals surface area contributed by atoms with E-state index >= 15 is 0 Å². The van der Waals surface area contributed by atoms with Gasteiger partial charge in [-0.25, -0.2) is 4.39 Å². The molecule has 2 rings (SSSR count). The van der Waals surface area contributed by atoms with Crippen LogP contribution < -0.4 is 10.6 Å². The lowest BCUT2D eigenvalue weighted by Gasteiger charge is -2.23. The predicted octanol–water partition coefficient (Wildman–Crippen LogP) is 2.42. The Morgan fingerprint density at radius 1 is 1.44 bits per heavy atom. The summed E-state index contributed by atoms with van der Waals surface area (Å²) in [5.41, 5.74) is 1.69. The highest BCUT2D eigenvalue weighted by molar-refractivity contribution is 5.55. The van der Waals surface area contributed by atoms with Crippen molar-refractivity contribution in [1.82, 2.24) is 5.32 Å². The summed E-state index contributed by atoms with van der Waals surface area (Å²) in [6.45, 7) is 4.69. The minimum absolute atomic E-state index is 0.318. The van der Waals surface area contributed by atoms with Gasteiger partial charge in [0.1, 0.15) is 5.82 Å². The van der Waals surface area contributed by atoms with Crippen LogP contribution in [0.15, 0.2) is 12.1 Å². The Morgan fingerprint density at radius 3 is 2.83 bits per heavy atom. The first-order chi connectivity index (χ1) is 8.70. The van der Waals surface area contributed by atoms with E-state index in [2.05, 4.69) is 10.6 Å². The second-order valence-corrected chi connectivity index (χ2v) is 4.82. The molecule has 0 saturated carbocycles. The fourth-order valence-corrected chi connectivity index (χ4v) is 2.27. The van der Waals surface area contributed by atoms with Gasteiger partial charge in [-0.1, -0.05) is 0 Å². The lowest BCUT2D eigenvalue weighted by Crippen LogP contribution is -2.31. The second-order valence-electron chi connectivity index (χ2n) is 4.82. The SMILES string of the molecule is Cc1c(F)cc(C#N)cc1NCC1CCNCC1. The van der Waals surface area contributed by atoms with Gasteiger partial charge in [0.05, 0.1) is 11.6 Å². The largest absolute Gasteiger partial charge is 0.384 e. The summed E-state index contributed by atoms with van der Waals surface area (Å²) in [6, 6.07) is 4.99. The van der Waals surface area contributed by atoms with Crippen LogP contribution in [0.1, 0.15) is 24.0 Å². The normalized spacial score (nSPS) is 16.3.